The van der Waals surface area contributed by atoms with E-state index in [9.17, 15) is 13.2 Å². The Morgan fingerprint density at radius 2 is 1.76 bits per heavy atom. The average molecular weight is 469 g/mol. The smallest absolute Gasteiger partial charge is 0.263 e. The molecule has 0 unspecified atom stereocenters. The van der Waals surface area contributed by atoms with E-state index >= 15 is 0 Å². The third-order valence-electron chi connectivity index (χ3n) is 5.28. The highest BCUT2D eigenvalue weighted by Crippen LogP contribution is 2.24. The highest BCUT2D eigenvalue weighted by molar-refractivity contribution is 7.92. The van der Waals surface area contributed by atoms with Crippen molar-refractivity contribution in [2.75, 3.05) is 17.7 Å². The summed E-state index contributed by atoms with van der Waals surface area (Å²) in [5, 5.41) is 4.08. The van der Waals surface area contributed by atoms with Gasteiger partial charge in [-0.2, -0.15) is 5.10 Å². The van der Waals surface area contributed by atoms with Crippen LogP contribution in [0.15, 0.2) is 65.8 Å². The van der Waals surface area contributed by atoms with Gasteiger partial charge in [0.05, 0.1) is 25.3 Å². The van der Waals surface area contributed by atoms with Crippen LogP contribution in [0.1, 0.15) is 23.9 Å². The number of hydrogen-bond donors (Lipinski definition) is 1. The predicted octanol–water partition coefficient (Wildman–Crippen LogP) is 3.41. The quantitative estimate of drug-likeness (QED) is 0.405. The highest BCUT2D eigenvalue weighted by atomic mass is 32.2. The summed E-state index contributed by atoms with van der Waals surface area (Å²) in [7, 11) is -2.20. The lowest BCUT2D eigenvalue weighted by atomic mass is 10.2. The summed E-state index contributed by atoms with van der Waals surface area (Å²) in [6, 6.07) is 17.4. The second-order valence-electron chi connectivity index (χ2n) is 7.66. The Morgan fingerprint density at radius 1 is 1.12 bits per heavy atom. The molecule has 0 radical (unpaired) electrons. The van der Waals surface area contributed by atoms with Gasteiger partial charge in [-0.25, -0.2) is 13.8 Å². The third kappa shape index (κ3) is 5.43. The maximum atomic E-state index is 12.7. The van der Waals surface area contributed by atoms with Gasteiger partial charge < -0.3 is 9.30 Å². The summed E-state index contributed by atoms with van der Waals surface area (Å²) in [6.45, 7) is 5.48. The number of ether oxygens (including phenoxy) is 1. The van der Waals surface area contributed by atoms with Crippen LogP contribution in [-0.2, 0) is 14.8 Å². The molecular formula is C24H28N4O4S. The molecule has 0 aliphatic rings. The van der Waals surface area contributed by atoms with Gasteiger partial charge in [-0.15, -0.1) is 0 Å². The van der Waals surface area contributed by atoms with Crippen LogP contribution >= 0.6 is 0 Å². The minimum Gasteiger partial charge on any atom is -0.497 e. The summed E-state index contributed by atoms with van der Waals surface area (Å²) in [5.41, 5.74) is 6.70. The number of hydrazone groups is 1. The van der Waals surface area contributed by atoms with Crippen LogP contribution in [-0.4, -0.2) is 44.5 Å². The van der Waals surface area contributed by atoms with Crippen molar-refractivity contribution in [3.8, 4) is 11.4 Å². The zero-order chi connectivity index (χ0) is 24.2. The van der Waals surface area contributed by atoms with Crippen molar-refractivity contribution in [3.05, 3.63) is 77.6 Å². The molecule has 9 heteroatoms. The van der Waals surface area contributed by atoms with E-state index in [0.717, 1.165) is 33.2 Å². The number of methoxy groups -OCH3 is 1. The lowest BCUT2D eigenvalue weighted by Crippen LogP contribution is -2.46. The van der Waals surface area contributed by atoms with Crippen LogP contribution in [0.3, 0.4) is 0 Å². The number of anilines is 1. The van der Waals surface area contributed by atoms with Gasteiger partial charge in [-0.3, -0.25) is 9.10 Å². The van der Waals surface area contributed by atoms with E-state index in [2.05, 4.69) is 15.1 Å². The molecular weight excluding hydrogens is 440 g/mol. The van der Waals surface area contributed by atoms with Gasteiger partial charge in [0, 0.05) is 22.6 Å². The number of benzene rings is 2. The van der Waals surface area contributed by atoms with Crippen LogP contribution in [0.5, 0.6) is 5.75 Å². The van der Waals surface area contributed by atoms with Crippen LogP contribution < -0.4 is 14.5 Å². The molecule has 1 atom stereocenters. The Labute approximate surface area is 194 Å². The Morgan fingerprint density at radius 3 is 2.33 bits per heavy atom. The molecule has 1 amide bonds. The van der Waals surface area contributed by atoms with Crippen LogP contribution in [0.25, 0.3) is 5.69 Å². The van der Waals surface area contributed by atoms with E-state index in [1.165, 1.54) is 14.0 Å². The zero-order valence-electron chi connectivity index (χ0n) is 19.3. The number of carbonyl (C=O) groups excluding carboxylic acids is 1. The largest absolute Gasteiger partial charge is 0.497 e. The minimum absolute atomic E-state index is 0.358. The average Bonchev–Trinajstić information content (AvgIpc) is 3.06. The molecule has 0 aliphatic heterocycles. The molecule has 3 rings (SSSR count). The fourth-order valence-corrected chi connectivity index (χ4v) is 4.86. The van der Waals surface area contributed by atoms with Crippen LogP contribution in [0.4, 0.5) is 5.69 Å². The Kier molecular flexibility index (Phi) is 7.23. The first-order chi connectivity index (χ1) is 15.6. The fraction of sp³-hybridized carbons (Fsp3) is 0.250. The van der Waals surface area contributed by atoms with E-state index < -0.39 is 22.0 Å². The zero-order valence-corrected chi connectivity index (χ0v) is 20.1. The van der Waals surface area contributed by atoms with Crippen molar-refractivity contribution in [1.82, 2.24) is 9.99 Å². The number of nitrogens with zero attached hydrogens (tertiary/aromatic N) is 3. The molecule has 33 heavy (non-hydrogen) atoms. The molecule has 3 aromatic rings. The first kappa shape index (κ1) is 24.1. The van der Waals surface area contributed by atoms with Gasteiger partial charge in [0.25, 0.3) is 5.91 Å². The van der Waals surface area contributed by atoms with Gasteiger partial charge in [-0.1, -0.05) is 18.2 Å². The first-order valence-corrected chi connectivity index (χ1v) is 12.2. The standard InChI is InChI=1S/C24H28N4O4S/c1-17-15-20(18(2)27(17)21-9-7-6-8-10-21)16-25-26-24(29)19(3)28(33(5,30)31)22-11-13-23(32-4)14-12-22/h6-16,19H,1-5H3,(H,26,29)/b25-16-/t19-/m0/s1. The molecule has 0 aliphatic carbocycles. The molecule has 0 saturated heterocycles. The van der Waals surface area contributed by atoms with E-state index in [0.29, 0.717) is 11.4 Å². The van der Waals surface area contributed by atoms with E-state index in [1.807, 2.05) is 50.2 Å². The van der Waals surface area contributed by atoms with Gasteiger partial charge in [-0.05, 0) is 63.2 Å². The molecule has 174 valence electrons. The molecule has 8 nitrogen and oxygen atoms in total. The summed E-state index contributed by atoms with van der Waals surface area (Å²) in [5.74, 6) is 0.0337. The Hall–Kier alpha value is -3.59. The van der Waals surface area contributed by atoms with Crippen molar-refractivity contribution in [3.63, 3.8) is 0 Å². The van der Waals surface area contributed by atoms with E-state index in [1.54, 1.807) is 30.5 Å². The maximum Gasteiger partial charge on any atom is 0.263 e. The molecule has 1 heterocycles. The maximum absolute atomic E-state index is 12.7. The number of carbonyl (C=O) groups is 1. The van der Waals surface area contributed by atoms with Crippen molar-refractivity contribution < 1.29 is 17.9 Å². The number of sulfonamides is 1. The molecule has 1 N–H and O–H groups in total. The van der Waals surface area contributed by atoms with E-state index in [4.69, 9.17) is 4.74 Å². The summed E-state index contributed by atoms with van der Waals surface area (Å²) in [4.78, 5) is 12.7. The third-order valence-corrected chi connectivity index (χ3v) is 6.52. The molecule has 0 fully saturated rings. The Balaban J connectivity index is 1.77. The number of amides is 1. The van der Waals surface area contributed by atoms with Crippen molar-refractivity contribution in [2.24, 2.45) is 5.10 Å². The minimum atomic E-state index is -3.72. The first-order valence-electron chi connectivity index (χ1n) is 10.3. The normalized spacial score (nSPS) is 12.5. The summed E-state index contributed by atoms with van der Waals surface area (Å²) in [6.07, 6.45) is 2.62. The SMILES string of the molecule is COc1ccc(N([C@@H](C)C(=O)N/N=C\c2cc(C)n(-c3ccccc3)c2C)S(C)(=O)=O)cc1. The molecule has 0 saturated carbocycles. The van der Waals surface area contributed by atoms with E-state index in [-0.39, 0.29) is 0 Å². The highest BCUT2D eigenvalue weighted by Gasteiger charge is 2.29. The summed E-state index contributed by atoms with van der Waals surface area (Å²) >= 11 is 0. The fourth-order valence-electron chi connectivity index (χ4n) is 3.69. The van der Waals surface area contributed by atoms with Crippen LogP contribution in [0, 0.1) is 13.8 Å². The second kappa shape index (κ2) is 9.91. The van der Waals surface area contributed by atoms with Crippen LogP contribution in [0.2, 0.25) is 0 Å². The number of aromatic nitrogens is 1. The molecule has 1 aromatic heterocycles. The lowest BCUT2D eigenvalue weighted by Gasteiger charge is -2.27. The number of aryl methyl sites for hydroxylation is 1. The van der Waals surface area contributed by atoms with Gasteiger partial charge in [0.1, 0.15) is 11.8 Å². The molecule has 0 spiro atoms. The topological polar surface area (TPSA) is 93.0 Å². The number of para-hydroxylation sites is 1. The Bertz CT molecular complexity index is 1250. The lowest BCUT2D eigenvalue weighted by molar-refractivity contribution is -0.121. The van der Waals surface area contributed by atoms with Crippen molar-refractivity contribution in [2.45, 2.75) is 26.8 Å². The monoisotopic (exact) mass is 468 g/mol. The molecule has 2 aromatic carbocycles. The number of hydrogen-bond acceptors (Lipinski definition) is 5. The van der Waals surface area contributed by atoms with Crippen molar-refractivity contribution >= 4 is 27.8 Å². The number of rotatable bonds is 8. The molecule has 0 bridgehead atoms. The van der Waals surface area contributed by atoms with Gasteiger partial charge in [0.2, 0.25) is 10.0 Å². The summed E-state index contributed by atoms with van der Waals surface area (Å²) < 4.78 is 33.1. The second-order valence-corrected chi connectivity index (χ2v) is 9.52. The predicted molar refractivity (Wildman–Crippen MR) is 131 cm³/mol. The van der Waals surface area contributed by atoms with Crippen molar-refractivity contribution in [1.29, 1.82) is 0 Å². The van der Waals surface area contributed by atoms with Gasteiger partial charge in [0.15, 0.2) is 0 Å². The van der Waals surface area contributed by atoms with Gasteiger partial charge >= 0.3 is 0 Å². The number of nitrogens with one attached hydrogen (secondary N) is 1.